The summed E-state index contributed by atoms with van der Waals surface area (Å²) in [6.07, 6.45) is 1.86. The van der Waals surface area contributed by atoms with Gasteiger partial charge in [0.15, 0.2) is 0 Å². The predicted octanol–water partition coefficient (Wildman–Crippen LogP) is 0.759. The Labute approximate surface area is 51.1 Å². The van der Waals surface area contributed by atoms with Crippen LogP contribution in [0.1, 0.15) is 12.8 Å². The average molecular weight is 116 g/mol. The van der Waals surface area contributed by atoms with Crippen molar-refractivity contribution in [1.29, 1.82) is 0 Å². The first kappa shape index (κ1) is 7.92. The van der Waals surface area contributed by atoms with Crippen LogP contribution in [0.3, 0.4) is 0 Å². The highest BCUT2D eigenvalue weighted by Gasteiger charge is 1.87. The lowest BCUT2D eigenvalue weighted by molar-refractivity contribution is 0.183. The topological polar surface area (TPSA) is 23.1 Å². The van der Waals surface area contributed by atoms with E-state index in [9.17, 15) is 5.11 Å². The molecule has 0 heterocycles. The van der Waals surface area contributed by atoms with Gasteiger partial charge in [0.25, 0.3) is 0 Å². The number of unbranched alkanes of at least 4 members (excludes halogenated alkanes) is 1. The molecule has 2 nitrogen and oxygen atoms in total. The van der Waals surface area contributed by atoms with Crippen molar-refractivity contribution < 1.29 is 5.11 Å². The molecule has 0 aromatic heterocycles. The van der Waals surface area contributed by atoms with Gasteiger partial charge < -0.3 is 4.90 Å². The Hall–Kier alpha value is -0.0800. The van der Waals surface area contributed by atoms with Gasteiger partial charge in [0, 0.05) is 0 Å². The first-order valence-corrected chi connectivity index (χ1v) is 3.00. The van der Waals surface area contributed by atoms with Gasteiger partial charge in [-0.05, 0) is 33.5 Å². The molecule has 8 heavy (non-hydrogen) atoms. The van der Waals surface area contributed by atoms with Crippen molar-refractivity contribution >= 4 is 0 Å². The van der Waals surface area contributed by atoms with E-state index in [4.69, 9.17) is 0 Å². The third-order valence-corrected chi connectivity index (χ3v) is 1.000. The third-order valence-electron chi connectivity index (χ3n) is 1.000. The first-order valence-electron chi connectivity index (χ1n) is 3.00. The average Bonchev–Trinajstić information content (AvgIpc) is 1.66. The smallest absolute Gasteiger partial charge is 0.0822 e. The van der Waals surface area contributed by atoms with Gasteiger partial charge in [-0.3, -0.25) is 0 Å². The Morgan fingerprint density at radius 2 is 1.88 bits per heavy atom. The number of hydrogen-bond donors (Lipinski definition) is 0. The van der Waals surface area contributed by atoms with E-state index >= 15 is 0 Å². The summed E-state index contributed by atoms with van der Waals surface area (Å²) < 4.78 is 0. The summed E-state index contributed by atoms with van der Waals surface area (Å²) in [5, 5.41) is 9.89. The fourth-order valence-corrected chi connectivity index (χ4v) is 0.530. The van der Waals surface area contributed by atoms with E-state index in [0.29, 0.717) is 0 Å². The molecule has 0 unspecified atom stereocenters. The minimum atomic E-state index is 0.0772. The molecule has 0 atom stereocenters. The van der Waals surface area contributed by atoms with Crippen molar-refractivity contribution in [2.45, 2.75) is 12.8 Å². The van der Waals surface area contributed by atoms with Crippen LogP contribution in [0, 0.1) is 0 Å². The molecule has 0 aliphatic rings. The van der Waals surface area contributed by atoms with E-state index in [1.165, 1.54) is 0 Å². The molecule has 0 fully saturated rings. The molecule has 0 aromatic rings. The summed E-state index contributed by atoms with van der Waals surface area (Å²) >= 11 is 0. The SMILES string of the molecule is CN(C)CCCC[O]. The van der Waals surface area contributed by atoms with Crippen LogP contribution in [-0.2, 0) is 5.11 Å². The van der Waals surface area contributed by atoms with Crippen molar-refractivity contribution in [3.05, 3.63) is 0 Å². The lowest BCUT2D eigenvalue weighted by Gasteiger charge is -2.06. The minimum Gasteiger partial charge on any atom is -0.309 e. The fraction of sp³-hybridized carbons (Fsp3) is 1.00. The second-order valence-corrected chi connectivity index (χ2v) is 2.21. The normalized spacial score (nSPS) is 10.5. The van der Waals surface area contributed by atoms with Gasteiger partial charge in [0.1, 0.15) is 0 Å². The molecular weight excluding hydrogens is 102 g/mol. The Morgan fingerprint density at radius 1 is 1.25 bits per heavy atom. The van der Waals surface area contributed by atoms with Crippen LogP contribution in [0.4, 0.5) is 0 Å². The number of hydrogen-bond acceptors (Lipinski definition) is 1. The number of rotatable bonds is 4. The lowest BCUT2D eigenvalue weighted by Crippen LogP contribution is -2.12. The molecule has 0 N–H and O–H groups in total. The molecule has 0 amide bonds. The summed E-state index contributed by atoms with van der Waals surface area (Å²) in [6.45, 7) is 1.12. The summed E-state index contributed by atoms with van der Waals surface area (Å²) in [7, 11) is 4.04. The zero-order valence-corrected chi connectivity index (χ0v) is 5.68. The van der Waals surface area contributed by atoms with Gasteiger partial charge in [-0.2, -0.15) is 0 Å². The molecule has 2 heteroatoms. The van der Waals surface area contributed by atoms with E-state index < -0.39 is 0 Å². The predicted molar refractivity (Wildman–Crippen MR) is 33.3 cm³/mol. The van der Waals surface area contributed by atoms with Crippen LogP contribution in [0.15, 0.2) is 0 Å². The van der Waals surface area contributed by atoms with Gasteiger partial charge in [-0.15, -0.1) is 0 Å². The van der Waals surface area contributed by atoms with Crippen LogP contribution < -0.4 is 0 Å². The molecular formula is C6H14NO. The highest BCUT2D eigenvalue weighted by atomic mass is 16.2. The van der Waals surface area contributed by atoms with Crippen molar-refractivity contribution in [2.24, 2.45) is 0 Å². The second-order valence-electron chi connectivity index (χ2n) is 2.21. The van der Waals surface area contributed by atoms with Gasteiger partial charge in [0.2, 0.25) is 0 Å². The molecule has 0 rings (SSSR count). The van der Waals surface area contributed by atoms with E-state index in [-0.39, 0.29) is 6.61 Å². The molecule has 0 aliphatic carbocycles. The second kappa shape index (κ2) is 5.06. The molecule has 0 aromatic carbocycles. The Kier molecular flexibility index (Phi) is 5.01. The highest BCUT2D eigenvalue weighted by molar-refractivity contribution is 4.42. The van der Waals surface area contributed by atoms with Crippen LogP contribution in [0.25, 0.3) is 0 Å². The maximum Gasteiger partial charge on any atom is 0.0822 e. The van der Waals surface area contributed by atoms with E-state index in [1.54, 1.807) is 0 Å². The van der Waals surface area contributed by atoms with Crippen molar-refractivity contribution in [1.82, 2.24) is 4.90 Å². The van der Waals surface area contributed by atoms with Gasteiger partial charge in [-0.1, -0.05) is 0 Å². The number of nitrogens with zero attached hydrogens (tertiary/aromatic N) is 1. The molecule has 0 spiro atoms. The van der Waals surface area contributed by atoms with Gasteiger partial charge in [0.05, 0.1) is 6.61 Å². The van der Waals surface area contributed by atoms with Crippen molar-refractivity contribution in [2.75, 3.05) is 27.2 Å². The third kappa shape index (κ3) is 5.92. The van der Waals surface area contributed by atoms with Crippen LogP contribution >= 0.6 is 0 Å². The largest absolute Gasteiger partial charge is 0.309 e. The van der Waals surface area contributed by atoms with Crippen LogP contribution in [-0.4, -0.2) is 32.1 Å². The first-order chi connectivity index (χ1) is 3.77. The standard InChI is InChI=1S/C6H14NO/c1-7(2)5-3-4-6-8/h3-6H2,1-2H3. The molecule has 0 saturated heterocycles. The lowest BCUT2D eigenvalue weighted by atomic mass is 10.3. The molecule has 0 saturated carbocycles. The zero-order valence-electron chi connectivity index (χ0n) is 5.68. The summed E-state index contributed by atoms with van der Waals surface area (Å²) in [6, 6.07) is 0. The Morgan fingerprint density at radius 3 is 2.25 bits per heavy atom. The van der Waals surface area contributed by atoms with Crippen molar-refractivity contribution in [3.8, 4) is 0 Å². The maximum atomic E-state index is 9.89. The minimum absolute atomic E-state index is 0.0772. The zero-order chi connectivity index (χ0) is 6.41. The summed E-state index contributed by atoms with van der Waals surface area (Å²) in [5.74, 6) is 0. The molecule has 0 bridgehead atoms. The van der Waals surface area contributed by atoms with Crippen molar-refractivity contribution in [3.63, 3.8) is 0 Å². The highest BCUT2D eigenvalue weighted by Crippen LogP contribution is 1.87. The monoisotopic (exact) mass is 116 g/mol. The molecule has 1 radical (unpaired) electrons. The maximum absolute atomic E-state index is 9.89. The quantitative estimate of drug-likeness (QED) is 0.497. The van der Waals surface area contributed by atoms with Crippen LogP contribution in [0.5, 0.6) is 0 Å². The fourth-order valence-electron chi connectivity index (χ4n) is 0.530. The van der Waals surface area contributed by atoms with E-state index in [2.05, 4.69) is 4.90 Å². The van der Waals surface area contributed by atoms with E-state index in [0.717, 1.165) is 19.4 Å². The Balaban J connectivity index is 2.72. The Bertz CT molecular complexity index is 45.8. The summed E-state index contributed by atoms with van der Waals surface area (Å²) in [5.41, 5.74) is 0. The van der Waals surface area contributed by atoms with Crippen LogP contribution in [0.2, 0.25) is 0 Å². The molecule has 49 valence electrons. The van der Waals surface area contributed by atoms with Gasteiger partial charge in [-0.25, -0.2) is 5.11 Å². The summed E-state index contributed by atoms with van der Waals surface area (Å²) in [4.78, 5) is 2.09. The van der Waals surface area contributed by atoms with E-state index in [1.807, 2.05) is 14.1 Å². The van der Waals surface area contributed by atoms with Gasteiger partial charge >= 0.3 is 0 Å². The molecule has 0 aliphatic heterocycles.